The van der Waals surface area contributed by atoms with Crippen LogP contribution in [0.2, 0.25) is 0 Å². The fourth-order valence-corrected chi connectivity index (χ4v) is 3.48. The first-order chi connectivity index (χ1) is 8.25. The number of rotatable bonds is 3. The van der Waals surface area contributed by atoms with Crippen molar-refractivity contribution in [3.8, 4) is 0 Å². The molecule has 5 nitrogen and oxygen atoms in total. The monoisotopic (exact) mass is 271 g/mol. The lowest BCUT2D eigenvalue weighted by molar-refractivity contribution is -0.384. The zero-order valence-electron chi connectivity index (χ0n) is 9.17. The molecule has 0 aliphatic carbocycles. The molecule has 0 aromatic heterocycles. The summed E-state index contributed by atoms with van der Waals surface area (Å²) in [5.41, 5.74) is 4.26. The van der Waals surface area contributed by atoms with Gasteiger partial charge in [0.2, 0.25) is 0 Å². The van der Waals surface area contributed by atoms with Crippen molar-refractivity contribution >= 4 is 34.9 Å². The molecule has 1 saturated heterocycles. The van der Waals surface area contributed by atoms with Gasteiger partial charge in [-0.2, -0.15) is 0 Å². The summed E-state index contributed by atoms with van der Waals surface area (Å²) in [5.74, 6) is 4.21. The number of nitrogens with one attached hydrogen (secondary N) is 1. The second-order valence-corrected chi connectivity index (χ2v) is 5.68. The molecule has 0 spiro atoms. The number of hydrazine groups is 1. The number of nitro benzene ring substituents is 1. The minimum Gasteiger partial charge on any atom is -0.317 e. The number of hydrogen-bond acceptors (Lipinski definition) is 6. The van der Waals surface area contributed by atoms with Crippen molar-refractivity contribution in [2.75, 3.05) is 28.7 Å². The number of thioether (sulfide) groups is 2. The maximum atomic E-state index is 10.5. The fraction of sp³-hybridized carbons (Fsp3) is 0.400. The number of hydrogen-bond donors (Lipinski definition) is 1. The molecule has 0 unspecified atom stereocenters. The average molecular weight is 271 g/mol. The first-order valence-electron chi connectivity index (χ1n) is 5.17. The second-order valence-electron chi connectivity index (χ2n) is 3.53. The SMILES string of the molecule is O=[N+]([O-])c1ccc(NN2CSCCSC2)cc1. The van der Waals surface area contributed by atoms with Crippen LogP contribution in [-0.4, -0.2) is 33.2 Å². The number of anilines is 1. The molecular formula is C10H13N3O2S2. The fourth-order valence-electron chi connectivity index (χ4n) is 1.41. The number of nitrogens with zero attached hydrogens (tertiary/aromatic N) is 2. The smallest absolute Gasteiger partial charge is 0.269 e. The largest absolute Gasteiger partial charge is 0.317 e. The van der Waals surface area contributed by atoms with Gasteiger partial charge in [-0.1, -0.05) is 0 Å². The van der Waals surface area contributed by atoms with Crippen LogP contribution in [0, 0.1) is 10.1 Å². The Morgan fingerprint density at radius 2 is 1.76 bits per heavy atom. The van der Waals surface area contributed by atoms with E-state index in [0.717, 1.165) is 17.4 Å². The van der Waals surface area contributed by atoms with Gasteiger partial charge >= 0.3 is 0 Å². The highest BCUT2D eigenvalue weighted by atomic mass is 32.2. The van der Waals surface area contributed by atoms with Gasteiger partial charge in [0.05, 0.1) is 16.7 Å². The van der Waals surface area contributed by atoms with E-state index in [0.29, 0.717) is 0 Å². The molecule has 0 radical (unpaired) electrons. The molecule has 1 N–H and O–H groups in total. The first-order valence-corrected chi connectivity index (χ1v) is 7.48. The van der Waals surface area contributed by atoms with Gasteiger partial charge in [0.25, 0.3) is 5.69 Å². The van der Waals surface area contributed by atoms with Gasteiger partial charge < -0.3 is 5.43 Å². The van der Waals surface area contributed by atoms with E-state index in [1.165, 1.54) is 23.6 Å². The maximum absolute atomic E-state index is 10.5. The van der Waals surface area contributed by atoms with Crippen molar-refractivity contribution in [2.24, 2.45) is 0 Å². The van der Waals surface area contributed by atoms with Crippen molar-refractivity contribution in [3.63, 3.8) is 0 Å². The molecule has 0 saturated carbocycles. The Kier molecular flexibility index (Phi) is 4.52. The van der Waals surface area contributed by atoms with E-state index >= 15 is 0 Å². The lowest BCUT2D eigenvalue weighted by atomic mass is 10.3. The molecule has 17 heavy (non-hydrogen) atoms. The normalized spacial score (nSPS) is 17.4. The van der Waals surface area contributed by atoms with E-state index < -0.39 is 0 Å². The molecular weight excluding hydrogens is 258 g/mol. The molecule has 7 heteroatoms. The predicted molar refractivity (Wildman–Crippen MR) is 73.2 cm³/mol. The van der Waals surface area contributed by atoms with Crippen LogP contribution in [0.15, 0.2) is 24.3 Å². The molecule has 1 fully saturated rings. The quantitative estimate of drug-likeness (QED) is 0.673. The third-order valence-electron chi connectivity index (χ3n) is 2.23. The Hall–Kier alpha value is -0.920. The van der Waals surface area contributed by atoms with E-state index in [9.17, 15) is 10.1 Å². The Morgan fingerprint density at radius 1 is 1.18 bits per heavy atom. The Bertz CT molecular complexity index is 378. The van der Waals surface area contributed by atoms with Crippen LogP contribution in [0.25, 0.3) is 0 Å². The van der Waals surface area contributed by atoms with Crippen molar-refractivity contribution in [1.82, 2.24) is 5.01 Å². The van der Waals surface area contributed by atoms with Crippen LogP contribution in [0.1, 0.15) is 0 Å². The topological polar surface area (TPSA) is 58.4 Å². The molecule has 1 aliphatic heterocycles. The molecule has 1 aliphatic rings. The molecule has 1 aromatic carbocycles. The number of benzene rings is 1. The zero-order valence-corrected chi connectivity index (χ0v) is 10.8. The van der Waals surface area contributed by atoms with E-state index in [4.69, 9.17) is 0 Å². The second kappa shape index (κ2) is 6.13. The van der Waals surface area contributed by atoms with Gasteiger partial charge in [0, 0.05) is 29.3 Å². The molecule has 1 heterocycles. The number of nitro groups is 1. The standard InChI is InChI=1S/C10H13N3O2S2/c14-13(15)10-3-1-9(2-4-10)11-12-7-16-5-6-17-8-12/h1-4,11H,5-8H2. The minimum atomic E-state index is -0.387. The summed E-state index contributed by atoms with van der Waals surface area (Å²) in [6.45, 7) is 0. The van der Waals surface area contributed by atoms with Gasteiger partial charge in [-0.3, -0.25) is 10.1 Å². The van der Waals surface area contributed by atoms with Crippen LogP contribution in [-0.2, 0) is 0 Å². The summed E-state index contributed by atoms with van der Waals surface area (Å²) in [6.07, 6.45) is 0. The van der Waals surface area contributed by atoms with Gasteiger partial charge in [-0.15, -0.1) is 23.5 Å². The molecule has 92 valence electrons. The van der Waals surface area contributed by atoms with Crippen molar-refractivity contribution in [2.45, 2.75) is 0 Å². The lowest BCUT2D eigenvalue weighted by Gasteiger charge is -2.20. The van der Waals surface area contributed by atoms with E-state index in [1.807, 2.05) is 23.5 Å². The Morgan fingerprint density at radius 3 is 2.29 bits per heavy atom. The van der Waals surface area contributed by atoms with Crippen LogP contribution in [0.3, 0.4) is 0 Å². The lowest BCUT2D eigenvalue weighted by Crippen LogP contribution is -2.28. The molecule has 0 amide bonds. The summed E-state index contributed by atoms with van der Waals surface area (Å²) < 4.78 is 0. The van der Waals surface area contributed by atoms with Crippen LogP contribution < -0.4 is 5.43 Å². The van der Waals surface area contributed by atoms with Crippen molar-refractivity contribution in [3.05, 3.63) is 34.4 Å². The van der Waals surface area contributed by atoms with Gasteiger partial charge in [-0.05, 0) is 12.1 Å². The highest BCUT2D eigenvalue weighted by Crippen LogP contribution is 2.20. The third kappa shape index (κ3) is 3.79. The van der Waals surface area contributed by atoms with Crippen LogP contribution >= 0.6 is 23.5 Å². The molecule has 1 aromatic rings. The molecule has 0 bridgehead atoms. The summed E-state index contributed by atoms with van der Waals surface area (Å²) >= 11 is 3.77. The Labute approximate surface area is 108 Å². The third-order valence-corrected chi connectivity index (χ3v) is 4.46. The Balaban J connectivity index is 1.95. The summed E-state index contributed by atoms with van der Waals surface area (Å²) in [7, 11) is 0. The molecule has 2 rings (SSSR count). The summed E-state index contributed by atoms with van der Waals surface area (Å²) in [4.78, 5) is 10.1. The summed E-state index contributed by atoms with van der Waals surface area (Å²) in [6, 6.07) is 6.50. The van der Waals surface area contributed by atoms with Crippen LogP contribution in [0.4, 0.5) is 11.4 Å². The maximum Gasteiger partial charge on any atom is 0.269 e. The van der Waals surface area contributed by atoms with Crippen molar-refractivity contribution < 1.29 is 4.92 Å². The summed E-state index contributed by atoms with van der Waals surface area (Å²) in [5, 5.41) is 12.6. The first kappa shape index (κ1) is 12.5. The number of non-ortho nitro benzene ring substituents is 1. The molecule has 0 atom stereocenters. The van der Waals surface area contributed by atoms with Crippen molar-refractivity contribution in [1.29, 1.82) is 0 Å². The van der Waals surface area contributed by atoms with E-state index in [2.05, 4.69) is 10.4 Å². The average Bonchev–Trinajstić information content (AvgIpc) is 2.58. The van der Waals surface area contributed by atoms with Crippen LogP contribution in [0.5, 0.6) is 0 Å². The van der Waals surface area contributed by atoms with Gasteiger partial charge in [-0.25, -0.2) is 5.01 Å². The van der Waals surface area contributed by atoms with E-state index in [-0.39, 0.29) is 10.6 Å². The highest BCUT2D eigenvalue weighted by molar-refractivity contribution is 8.03. The van der Waals surface area contributed by atoms with Gasteiger partial charge in [0.15, 0.2) is 0 Å². The minimum absolute atomic E-state index is 0.121. The van der Waals surface area contributed by atoms with E-state index in [1.54, 1.807) is 12.1 Å². The zero-order chi connectivity index (χ0) is 12.1. The van der Waals surface area contributed by atoms with Gasteiger partial charge in [0.1, 0.15) is 0 Å². The predicted octanol–water partition coefficient (Wildman–Crippen LogP) is 2.62. The highest BCUT2D eigenvalue weighted by Gasteiger charge is 2.10.